The fourth-order valence-electron chi connectivity index (χ4n) is 3.38. The van der Waals surface area contributed by atoms with Gasteiger partial charge in [-0.1, -0.05) is 19.4 Å². The number of benzene rings is 1. The van der Waals surface area contributed by atoms with Gasteiger partial charge in [0.15, 0.2) is 17.5 Å². The molecule has 0 spiro atoms. The second kappa shape index (κ2) is 8.56. The van der Waals surface area contributed by atoms with E-state index in [9.17, 15) is 4.21 Å². The molecule has 1 aliphatic carbocycles. The second-order valence-electron chi connectivity index (χ2n) is 6.41. The van der Waals surface area contributed by atoms with Crippen molar-refractivity contribution in [1.82, 2.24) is 10.6 Å². The Balaban J connectivity index is 1.52. The van der Waals surface area contributed by atoms with Gasteiger partial charge < -0.3 is 20.1 Å². The first-order valence-electron chi connectivity index (χ1n) is 8.92. The molecule has 3 unspecified atom stereocenters. The van der Waals surface area contributed by atoms with E-state index in [0.29, 0.717) is 17.8 Å². The third-order valence-corrected chi connectivity index (χ3v) is 6.48. The third kappa shape index (κ3) is 4.66. The minimum atomic E-state index is -0.710. The van der Waals surface area contributed by atoms with Crippen LogP contribution >= 0.6 is 0 Å². The van der Waals surface area contributed by atoms with E-state index in [-0.39, 0.29) is 6.79 Å². The highest BCUT2D eigenvalue weighted by Crippen LogP contribution is 2.32. The van der Waals surface area contributed by atoms with E-state index in [4.69, 9.17) is 9.47 Å². The highest BCUT2D eigenvalue weighted by Gasteiger charge is 2.26. The summed E-state index contributed by atoms with van der Waals surface area (Å²) in [7, 11) is 1.07. The maximum absolute atomic E-state index is 12.1. The molecule has 0 saturated heterocycles. The van der Waals surface area contributed by atoms with Crippen LogP contribution in [0.25, 0.3) is 0 Å². The summed E-state index contributed by atoms with van der Waals surface area (Å²) < 4.78 is 22.8. The summed E-state index contributed by atoms with van der Waals surface area (Å²) in [6, 6.07) is 6.27. The Hall–Kier alpha value is -1.76. The standard InChI is InChI=1S/C18H27N3O3S/c1-3-25(22)15-6-4-5-14(10-15)21-18(19-2)20-11-13-7-8-16-17(9-13)24-12-23-16/h7-9,14-15H,3-6,10-12H2,1-2H3,(H2,19,20,21). The normalized spacial score (nSPS) is 24.0. The zero-order valence-corrected chi connectivity index (χ0v) is 15.7. The van der Waals surface area contributed by atoms with Crippen LogP contribution in [0.3, 0.4) is 0 Å². The maximum Gasteiger partial charge on any atom is 0.231 e. The average molecular weight is 365 g/mol. The quantitative estimate of drug-likeness (QED) is 0.618. The lowest BCUT2D eigenvalue weighted by Gasteiger charge is -2.30. The molecule has 2 aliphatic rings. The highest BCUT2D eigenvalue weighted by atomic mass is 32.2. The molecule has 0 radical (unpaired) electrons. The molecule has 0 amide bonds. The molecule has 25 heavy (non-hydrogen) atoms. The van der Waals surface area contributed by atoms with E-state index < -0.39 is 10.8 Å². The van der Waals surface area contributed by atoms with Gasteiger partial charge in [-0.05, 0) is 37.0 Å². The lowest BCUT2D eigenvalue weighted by Crippen LogP contribution is -2.46. The van der Waals surface area contributed by atoms with Crippen molar-refractivity contribution in [2.45, 2.75) is 50.4 Å². The van der Waals surface area contributed by atoms with Gasteiger partial charge in [0.25, 0.3) is 0 Å². The number of nitrogens with one attached hydrogen (secondary N) is 2. The number of hydrogen-bond donors (Lipinski definition) is 2. The van der Waals surface area contributed by atoms with E-state index in [1.54, 1.807) is 7.05 Å². The Labute approximate surface area is 151 Å². The summed E-state index contributed by atoms with van der Waals surface area (Å²) in [6.07, 6.45) is 4.24. The first-order valence-corrected chi connectivity index (χ1v) is 10.3. The van der Waals surface area contributed by atoms with Crippen molar-refractivity contribution in [1.29, 1.82) is 0 Å². The van der Waals surface area contributed by atoms with Crippen molar-refractivity contribution >= 4 is 16.8 Å². The molecule has 138 valence electrons. The van der Waals surface area contributed by atoms with Gasteiger partial charge in [0.2, 0.25) is 6.79 Å². The number of hydrogen-bond acceptors (Lipinski definition) is 4. The molecule has 1 heterocycles. The molecular formula is C18H27N3O3S. The van der Waals surface area contributed by atoms with Crippen molar-refractivity contribution in [3.63, 3.8) is 0 Å². The second-order valence-corrected chi connectivity index (χ2v) is 8.42. The minimum Gasteiger partial charge on any atom is -0.454 e. The predicted octanol–water partition coefficient (Wildman–Crippen LogP) is 2.16. The fourth-order valence-corrected chi connectivity index (χ4v) is 4.72. The van der Waals surface area contributed by atoms with Gasteiger partial charge in [0.05, 0.1) is 0 Å². The van der Waals surface area contributed by atoms with Crippen LogP contribution in [-0.4, -0.2) is 41.1 Å². The molecular weight excluding hydrogens is 338 g/mol. The van der Waals surface area contributed by atoms with Gasteiger partial charge >= 0.3 is 0 Å². The molecule has 1 saturated carbocycles. The van der Waals surface area contributed by atoms with Crippen LogP contribution < -0.4 is 20.1 Å². The van der Waals surface area contributed by atoms with E-state index in [0.717, 1.165) is 54.5 Å². The van der Waals surface area contributed by atoms with Crippen LogP contribution in [0, 0.1) is 0 Å². The van der Waals surface area contributed by atoms with Gasteiger partial charge in [0, 0.05) is 41.4 Å². The Morgan fingerprint density at radius 3 is 2.96 bits per heavy atom. The summed E-state index contributed by atoms with van der Waals surface area (Å²) in [5.41, 5.74) is 1.11. The lowest BCUT2D eigenvalue weighted by atomic mass is 9.95. The molecule has 7 heteroatoms. The predicted molar refractivity (Wildman–Crippen MR) is 101 cm³/mol. The van der Waals surface area contributed by atoms with Gasteiger partial charge in [-0.15, -0.1) is 0 Å². The van der Waals surface area contributed by atoms with Crippen molar-refractivity contribution in [3.8, 4) is 11.5 Å². The molecule has 0 bridgehead atoms. The van der Waals surface area contributed by atoms with Crippen molar-refractivity contribution in [3.05, 3.63) is 23.8 Å². The number of nitrogens with zero attached hydrogens (tertiary/aromatic N) is 1. The Bertz CT molecular complexity index is 650. The van der Waals surface area contributed by atoms with Crippen molar-refractivity contribution in [2.24, 2.45) is 4.99 Å². The van der Waals surface area contributed by atoms with Crippen LogP contribution in [0.15, 0.2) is 23.2 Å². The maximum atomic E-state index is 12.1. The molecule has 2 N–H and O–H groups in total. The lowest BCUT2D eigenvalue weighted by molar-refractivity contribution is 0.174. The SMILES string of the molecule is CCS(=O)C1CCCC(NC(=NC)NCc2ccc3c(c2)OCO3)C1. The van der Waals surface area contributed by atoms with Gasteiger partial charge in [-0.2, -0.15) is 0 Å². The van der Waals surface area contributed by atoms with Crippen LogP contribution in [0.5, 0.6) is 11.5 Å². The largest absolute Gasteiger partial charge is 0.454 e. The molecule has 1 aromatic carbocycles. The van der Waals surface area contributed by atoms with E-state index in [2.05, 4.69) is 15.6 Å². The molecule has 3 atom stereocenters. The number of ether oxygens (including phenoxy) is 2. The smallest absolute Gasteiger partial charge is 0.231 e. The van der Waals surface area contributed by atoms with Crippen LogP contribution in [0.1, 0.15) is 38.2 Å². The van der Waals surface area contributed by atoms with E-state index >= 15 is 0 Å². The molecule has 0 aromatic heterocycles. The number of rotatable bonds is 5. The molecule has 1 aliphatic heterocycles. The number of guanidine groups is 1. The van der Waals surface area contributed by atoms with Crippen LogP contribution in [0.4, 0.5) is 0 Å². The summed E-state index contributed by atoms with van der Waals surface area (Å²) in [4.78, 5) is 4.32. The summed E-state index contributed by atoms with van der Waals surface area (Å²) in [5, 5.41) is 7.14. The summed E-state index contributed by atoms with van der Waals surface area (Å²) in [5.74, 6) is 3.11. The summed E-state index contributed by atoms with van der Waals surface area (Å²) in [6.45, 7) is 2.95. The van der Waals surface area contributed by atoms with Crippen LogP contribution in [0.2, 0.25) is 0 Å². The number of fused-ring (bicyclic) bond motifs is 1. The van der Waals surface area contributed by atoms with E-state index in [1.165, 1.54) is 0 Å². The first kappa shape index (κ1) is 18.0. The molecule has 1 fully saturated rings. The third-order valence-electron chi connectivity index (χ3n) is 4.74. The van der Waals surface area contributed by atoms with E-state index in [1.807, 2.05) is 25.1 Å². The molecule has 6 nitrogen and oxygen atoms in total. The summed E-state index contributed by atoms with van der Waals surface area (Å²) >= 11 is 0. The molecule has 1 aromatic rings. The average Bonchev–Trinajstić information content (AvgIpc) is 3.12. The highest BCUT2D eigenvalue weighted by molar-refractivity contribution is 7.85. The Morgan fingerprint density at radius 2 is 2.16 bits per heavy atom. The topological polar surface area (TPSA) is 72.0 Å². The monoisotopic (exact) mass is 365 g/mol. The zero-order chi connectivity index (χ0) is 17.6. The van der Waals surface area contributed by atoms with Crippen molar-refractivity contribution < 1.29 is 13.7 Å². The first-order chi connectivity index (χ1) is 12.2. The fraction of sp³-hybridized carbons (Fsp3) is 0.611. The minimum absolute atomic E-state index is 0.289. The zero-order valence-electron chi connectivity index (χ0n) is 14.9. The number of aliphatic imine (C=N–C) groups is 1. The van der Waals surface area contributed by atoms with Gasteiger partial charge in [-0.25, -0.2) is 0 Å². The van der Waals surface area contributed by atoms with Crippen molar-refractivity contribution in [2.75, 3.05) is 19.6 Å². The Morgan fingerprint density at radius 1 is 1.32 bits per heavy atom. The van der Waals surface area contributed by atoms with Gasteiger partial charge in [0.1, 0.15) is 0 Å². The van der Waals surface area contributed by atoms with Gasteiger partial charge in [-0.3, -0.25) is 9.20 Å². The van der Waals surface area contributed by atoms with Crippen LogP contribution in [-0.2, 0) is 17.3 Å². The Kier molecular flexibility index (Phi) is 6.18. The molecule has 3 rings (SSSR count).